The fraction of sp³-hybridized carbons (Fsp3) is 0.115. The second-order valence-electron chi connectivity index (χ2n) is 7.69. The molecule has 5 aromatic rings. The van der Waals surface area contributed by atoms with Crippen LogP contribution in [0, 0.1) is 0 Å². The van der Waals surface area contributed by atoms with E-state index in [-0.39, 0.29) is 11.1 Å². The van der Waals surface area contributed by atoms with Gasteiger partial charge in [0, 0.05) is 12.4 Å². The van der Waals surface area contributed by atoms with Gasteiger partial charge in [-0.05, 0) is 41.5 Å². The highest BCUT2D eigenvalue weighted by Gasteiger charge is 2.10. The highest BCUT2D eigenvalue weighted by molar-refractivity contribution is 5.91. The molecular weight excluding hydrogens is 402 g/mol. The molecule has 0 spiro atoms. The van der Waals surface area contributed by atoms with Gasteiger partial charge in [-0.2, -0.15) is 0 Å². The van der Waals surface area contributed by atoms with E-state index in [0.29, 0.717) is 34.9 Å². The van der Waals surface area contributed by atoms with Crippen LogP contribution in [0.2, 0.25) is 0 Å². The van der Waals surface area contributed by atoms with E-state index in [1.807, 2.05) is 66.7 Å². The van der Waals surface area contributed by atoms with Gasteiger partial charge >= 0.3 is 0 Å². The fourth-order valence-electron chi connectivity index (χ4n) is 3.86. The monoisotopic (exact) mass is 423 g/mol. The summed E-state index contributed by atoms with van der Waals surface area (Å²) in [6, 6.07) is 22.7. The molecule has 0 aliphatic rings. The van der Waals surface area contributed by atoms with Crippen molar-refractivity contribution >= 4 is 21.8 Å². The van der Waals surface area contributed by atoms with Gasteiger partial charge < -0.3 is 13.9 Å². The number of fused-ring (bicyclic) bond motifs is 2. The zero-order chi connectivity index (χ0) is 22.1. The average Bonchev–Trinajstić information content (AvgIpc) is 2.83. The summed E-state index contributed by atoms with van der Waals surface area (Å²) in [5.74, 6) is 0.766. The van der Waals surface area contributed by atoms with Crippen molar-refractivity contribution in [1.29, 1.82) is 0 Å². The summed E-state index contributed by atoms with van der Waals surface area (Å²) in [5, 5.41) is 0.873. The summed E-state index contributed by atoms with van der Waals surface area (Å²) >= 11 is 0. The van der Waals surface area contributed by atoms with Crippen molar-refractivity contribution in [3.05, 3.63) is 117 Å². The number of hydrogen-bond acceptors (Lipinski definition) is 4. The molecule has 0 saturated carbocycles. The van der Waals surface area contributed by atoms with E-state index in [1.165, 1.54) is 0 Å². The van der Waals surface area contributed by atoms with Gasteiger partial charge in [-0.15, -0.1) is 0 Å². The second kappa shape index (κ2) is 8.15. The minimum atomic E-state index is -0.175. The Hall–Kier alpha value is -4.19. The van der Waals surface area contributed by atoms with Crippen LogP contribution in [0.5, 0.6) is 5.75 Å². The number of aromatic nitrogens is 3. The number of methoxy groups -OCH3 is 1. The van der Waals surface area contributed by atoms with E-state index in [0.717, 1.165) is 16.9 Å². The minimum Gasteiger partial charge on any atom is -0.497 e. The lowest BCUT2D eigenvalue weighted by Crippen LogP contribution is -2.23. The van der Waals surface area contributed by atoms with E-state index in [1.54, 1.807) is 34.7 Å². The van der Waals surface area contributed by atoms with E-state index in [4.69, 9.17) is 4.74 Å². The average molecular weight is 423 g/mol. The molecule has 0 saturated heterocycles. The topological polar surface area (TPSA) is 66.1 Å². The molecule has 0 fully saturated rings. The van der Waals surface area contributed by atoms with Crippen molar-refractivity contribution in [1.82, 2.24) is 14.1 Å². The van der Waals surface area contributed by atoms with Gasteiger partial charge in [0.25, 0.3) is 11.1 Å². The van der Waals surface area contributed by atoms with Crippen molar-refractivity contribution in [3.8, 4) is 5.75 Å². The van der Waals surface area contributed by atoms with Crippen molar-refractivity contribution in [2.24, 2.45) is 0 Å². The summed E-state index contributed by atoms with van der Waals surface area (Å²) in [7, 11) is 1.62. The Morgan fingerprint density at radius 3 is 1.78 bits per heavy atom. The maximum absolute atomic E-state index is 13.2. The van der Waals surface area contributed by atoms with Gasteiger partial charge in [0.2, 0.25) is 0 Å². The van der Waals surface area contributed by atoms with E-state index in [2.05, 4.69) is 4.98 Å². The number of pyridine rings is 3. The van der Waals surface area contributed by atoms with Crippen LogP contribution >= 0.6 is 0 Å². The predicted molar refractivity (Wildman–Crippen MR) is 125 cm³/mol. The van der Waals surface area contributed by atoms with Crippen LogP contribution in [0.15, 0.2) is 94.8 Å². The van der Waals surface area contributed by atoms with Crippen LogP contribution in [0.4, 0.5) is 0 Å². The Morgan fingerprint density at radius 2 is 1.25 bits per heavy atom. The van der Waals surface area contributed by atoms with Gasteiger partial charge in [-0.3, -0.25) is 9.59 Å². The van der Waals surface area contributed by atoms with Crippen LogP contribution < -0.4 is 15.9 Å². The summed E-state index contributed by atoms with van der Waals surface area (Å²) < 4.78 is 8.46. The molecule has 0 aliphatic carbocycles. The molecule has 0 bridgehead atoms. The molecule has 6 heteroatoms. The van der Waals surface area contributed by atoms with Gasteiger partial charge in [0.05, 0.1) is 42.0 Å². The van der Waals surface area contributed by atoms with Crippen LogP contribution in [-0.2, 0) is 13.1 Å². The molecule has 2 aromatic carbocycles. The number of nitrogens with zero attached hydrogens (tertiary/aromatic N) is 3. The third-order valence-electron chi connectivity index (χ3n) is 5.60. The second-order valence-corrected chi connectivity index (χ2v) is 7.69. The van der Waals surface area contributed by atoms with Gasteiger partial charge in [-0.25, -0.2) is 4.98 Å². The quantitative estimate of drug-likeness (QED) is 0.403. The van der Waals surface area contributed by atoms with Gasteiger partial charge in [-0.1, -0.05) is 42.5 Å². The van der Waals surface area contributed by atoms with E-state index >= 15 is 0 Å². The molecule has 3 aromatic heterocycles. The maximum atomic E-state index is 13.2. The molecule has 0 aliphatic heterocycles. The zero-order valence-electron chi connectivity index (χ0n) is 17.6. The Bertz CT molecular complexity index is 1540. The Morgan fingerprint density at radius 1 is 0.719 bits per heavy atom. The Balaban J connectivity index is 1.57. The number of hydrogen-bond donors (Lipinski definition) is 0. The van der Waals surface area contributed by atoms with Gasteiger partial charge in [0.15, 0.2) is 0 Å². The molecule has 158 valence electrons. The number of benzene rings is 2. The first-order chi connectivity index (χ1) is 15.6. The normalized spacial score (nSPS) is 11.2. The molecule has 5 rings (SSSR count). The van der Waals surface area contributed by atoms with Crippen molar-refractivity contribution in [3.63, 3.8) is 0 Å². The maximum Gasteiger partial charge on any atom is 0.260 e. The minimum absolute atomic E-state index is 0.161. The van der Waals surface area contributed by atoms with Crippen LogP contribution in [0.25, 0.3) is 21.8 Å². The Labute approximate surface area is 184 Å². The van der Waals surface area contributed by atoms with Crippen LogP contribution in [-0.4, -0.2) is 21.2 Å². The summed E-state index contributed by atoms with van der Waals surface area (Å²) in [6.07, 6.45) is 3.49. The smallest absolute Gasteiger partial charge is 0.260 e. The lowest BCUT2D eigenvalue weighted by molar-refractivity contribution is 0.414. The molecule has 3 heterocycles. The predicted octanol–water partition coefficient (Wildman–Crippen LogP) is 3.82. The lowest BCUT2D eigenvalue weighted by atomic mass is 10.1. The number of ether oxygens (including phenoxy) is 1. The highest BCUT2D eigenvalue weighted by atomic mass is 16.5. The molecule has 0 unspecified atom stereocenters. The molecule has 0 amide bonds. The summed E-state index contributed by atoms with van der Waals surface area (Å²) in [4.78, 5) is 30.9. The lowest BCUT2D eigenvalue weighted by Gasteiger charge is -2.10. The van der Waals surface area contributed by atoms with Crippen LogP contribution in [0.1, 0.15) is 11.1 Å². The summed E-state index contributed by atoms with van der Waals surface area (Å²) in [6.45, 7) is 0.883. The van der Waals surface area contributed by atoms with E-state index in [9.17, 15) is 9.59 Å². The third-order valence-corrected chi connectivity index (χ3v) is 5.60. The van der Waals surface area contributed by atoms with Crippen molar-refractivity contribution in [2.45, 2.75) is 13.1 Å². The standard InChI is InChI=1S/C26H21N3O3/c1-32-20-9-7-19(8-10-20)17-29-14-12-24-22(26(29)31)15-21-23(27-24)11-13-28(25(21)30)16-18-5-3-2-4-6-18/h2-15H,16-17H2,1H3. The first-order valence-corrected chi connectivity index (χ1v) is 10.3. The zero-order valence-corrected chi connectivity index (χ0v) is 17.6. The van der Waals surface area contributed by atoms with Crippen molar-refractivity contribution < 1.29 is 4.74 Å². The van der Waals surface area contributed by atoms with Crippen molar-refractivity contribution in [2.75, 3.05) is 7.11 Å². The first kappa shape index (κ1) is 19.8. The molecule has 32 heavy (non-hydrogen) atoms. The van der Waals surface area contributed by atoms with Crippen LogP contribution in [0.3, 0.4) is 0 Å². The highest BCUT2D eigenvalue weighted by Crippen LogP contribution is 2.16. The largest absolute Gasteiger partial charge is 0.497 e. The SMILES string of the molecule is COc1ccc(Cn2ccc3nc4ccn(Cc5ccccc5)c(=O)c4cc3c2=O)cc1. The molecule has 0 atom stereocenters. The summed E-state index contributed by atoms with van der Waals surface area (Å²) in [5.41, 5.74) is 2.83. The first-order valence-electron chi connectivity index (χ1n) is 10.3. The van der Waals surface area contributed by atoms with E-state index < -0.39 is 0 Å². The molecule has 6 nitrogen and oxygen atoms in total. The molecular formula is C26H21N3O3. The molecule has 0 N–H and O–H groups in total. The molecule has 0 radical (unpaired) electrons. The third kappa shape index (κ3) is 3.67. The Kier molecular flexibility index (Phi) is 5.03. The van der Waals surface area contributed by atoms with Gasteiger partial charge in [0.1, 0.15) is 5.75 Å². The number of rotatable bonds is 5. The fourth-order valence-corrected chi connectivity index (χ4v) is 3.86.